The summed E-state index contributed by atoms with van der Waals surface area (Å²) < 4.78 is 1.52. The lowest BCUT2D eigenvalue weighted by atomic mass is 10.3. The summed E-state index contributed by atoms with van der Waals surface area (Å²) in [7, 11) is 0. The molecule has 0 N–H and O–H groups in total. The van der Waals surface area contributed by atoms with E-state index in [9.17, 15) is 4.79 Å². The molecule has 1 aliphatic rings. The number of piperazine rings is 1. The maximum atomic E-state index is 11.6. The number of aryl methyl sites for hydroxylation is 1. The number of aromatic nitrogens is 4. The second kappa shape index (κ2) is 7.43. The lowest BCUT2D eigenvalue weighted by Gasteiger charge is -2.34. The minimum absolute atomic E-state index is 0.0378. The summed E-state index contributed by atoms with van der Waals surface area (Å²) in [5.41, 5.74) is 1.95. The van der Waals surface area contributed by atoms with E-state index in [1.54, 1.807) is 24.5 Å². The minimum atomic E-state index is -0.0378. The van der Waals surface area contributed by atoms with Crippen LogP contribution in [0.1, 0.15) is 11.4 Å². The average molecular weight is 314 g/mol. The van der Waals surface area contributed by atoms with Gasteiger partial charge in [0, 0.05) is 63.9 Å². The van der Waals surface area contributed by atoms with Crippen molar-refractivity contribution >= 4 is 0 Å². The number of nitrogens with zero attached hydrogens (tertiary/aromatic N) is 6. The zero-order valence-corrected chi connectivity index (χ0v) is 13.4. The molecular weight excluding hydrogens is 292 g/mol. The van der Waals surface area contributed by atoms with Gasteiger partial charge in [0.15, 0.2) is 0 Å². The van der Waals surface area contributed by atoms with Crippen molar-refractivity contribution in [1.29, 1.82) is 0 Å². The third-order valence-corrected chi connectivity index (χ3v) is 4.07. The van der Waals surface area contributed by atoms with Gasteiger partial charge in [0.05, 0.1) is 17.9 Å². The zero-order valence-electron chi connectivity index (χ0n) is 13.4. The molecule has 0 bridgehead atoms. The highest BCUT2D eigenvalue weighted by molar-refractivity contribution is 5.01. The topological polar surface area (TPSA) is 67.2 Å². The maximum absolute atomic E-state index is 11.6. The normalized spacial score (nSPS) is 16.6. The first-order valence-electron chi connectivity index (χ1n) is 7.95. The van der Waals surface area contributed by atoms with Gasteiger partial charge in [-0.25, -0.2) is 4.68 Å². The molecule has 122 valence electrons. The van der Waals surface area contributed by atoms with Gasteiger partial charge in [-0.15, -0.1) is 0 Å². The lowest BCUT2D eigenvalue weighted by molar-refractivity contribution is 0.121. The molecule has 3 rings (SSSR count). The summed E-state index contributed by atoms with van der Waals surface area (Å²) in [6.07, 6.45) is 5.27. The Morgan fingerprint density at radius 1 is 1.09 bits per heavy atom. The van der Waals surface area contributed by atoms with Gasteiger partial charge in [-0.1, -0.05) is 0 Å². The summed E-state index contributed by atoms with van der Waals surface area (Å²) in [4.78, 5) is 25.1. The van der Waals surface area contributed by atoms with Crippen molar-refractivity contribution in [2.75, 3.05) is 32.7 Å². The molecule has 7 heteroatoms. The fraction of sp³-hybridized carbons (Fsp3) is 0.500. The van der Waals surface area contributed by atoms with E-state index in [4.69, 9.17) is 0 Å². The second-order valence-corrected chi connectivity index (χ2v) is 5.85. The molecular formula is C16H22N6O. The molecule has 3 heterocycles. The SMILES string of the molecule is Cc1cncc(CN2CCN(CCn3ncccc3=O)CC2)n1. The van der Waals surface area contributed by atoms with E-state index in [2.05, 4.69) is 24.9 Å². The molecule has 23 heavy (non-hydrogen) atoms. The summed E-state index contributed by atoms with van der Waals surface area (Å²) in [6.45, 7) is 8.33. The van der Waals surface area contributed by atoms with Crippen molar-refractivity contribution in [3.05, 3.63) is 52.5 Å². The lowest BCUT2D eigenvalue weighted by Crippen LogP contribution is -2.47. The highest BCUT2D eigenvalue weighted by Gasteiger charge is 2.17. The van der Waals surface area contributed by atoms with Gasteiger partial charge in [0.1, 0.15) is 0 Å². The third-order valence-electron chi connectivity index (χ3n) is 4.07. The summed E-state index contributed by atoms with van der Waals surface area (Å²) in [6, 6.07) is 3.22. The molecule has 7 nitrogen and oxygen atoms in total. The standard InChI is InChI=1S/C16H22N6O/c1-14-11-17-12-15(19-14)13-21-7-5-20(6-8-21)9-10-22-16(23)3-2-4-18-22/h2-4,11-12H,5-10,13H2,1H3. The van der Waals surface area contributed by atoms with Gasteiger partial charge in [0.25, 0.3) is 5.56 Å². The molecule has 0 aromatic carbocycles. The van der Waals surface area contributed by atoms with Crippen molar-refractivity contribution in [3.8, 4) is 0 Å². The molecule has 0 atom stereocenters. The fourth-order valence-electron chi connectivity index (χ4n) is 2.78. The molecule has 1 aliphatic heterocycles. The molecule has 0 spiro atoms. The largest absolute Gasteiger partial charge is 0.299 e. The van der Waals surface area contributed by atoms with E-state index in [-0.39, 0.29) is 5.56 Å². The molecule has 1 saturated heterocycles. The molecule has 0 radical (unpaired) electrons. The average Bonchev–Trinajstić information content (AvgIpc) is 2.56. The zero-order chi connectivity index (χ0) is 16.1. The second-order valence-electron chi connectivity index (χ2n) is 5.85. The Labute approximate surface area is 135 Å². The van der Waals surface area contributed by atoms with Crippen molar-refractivity contribution in [1.82, 2.24) is 29.5 Å². The van der Waals surface area contributed by atoms with Gasteiger partial charge < -0.3 is 0 Å². The maximum Gasteiger partial charge on any atom is 0.266 e. The highest BCUT2D eigenvalue weighted by Crippen LogP contribution is 2.06. The van der Waals surface area contributed by atoms with Crippen LogP contribution in [0.25, 0.3) is 0 Å². The van der Waals surface area contributed by atoms with Crippen LogP contribution in [0, 0.1) is 6.92 Å². The smallest absolute Gasteiger partial charge is 0.266 e. The molecule has 0 aliphatic carbocycles. The summed E-state index contributed by atoms with van der Waals surface area (Å²) >= 11 is 0. The molecule has 0 saturated carbocycles. The van der Waals surface area contributed by atoms with Gasteiger partial charge in [0.2, 0.25) is 0 Å². The van der Waals surface area contributed by atoms with Crippen molar-refractivity contribution < 1.29 is 0 Å². The van der Waals surface area contributed by atoms with E-state index in [1.165, 1.54) is 4.68 Å². The molecule has 2 aromatic heterocycles. The van der Waals surface area contributed by atoms with Crippen LogP contribution in [0.2, 0.25) is 0 Å². The van der Waals surface area contributed by atoms with E-state index in [0.717, 1.165) is 50.7 Å². The Balaban J connectivity index is 1.45. The van der Waals surface area contributed by atoms with Crippen LogP contribution < -0.4 is 5.56 Å². The number of hydrogen-bond donors (Lipinski definition) is 0. The molecule has 2 aromatic rings. The highest BCUT2D eigenvalue weighted by atomic mass is 16.1. The summed E-state index contributed by atoms with van der Waals surface area (Å²) in [5.74, 6) is 0. The molecule has 0 unspecified atom stereocenters. The van der Waals surface area contributed by atoms with Crippen LogP contribution in [-0.2, 0) is 13.1 Å². The first kappa shape index (κ1) is 15.8. The van der Waals surface area contributed by atoms with Crippen LogP contribution in [0.5, 0.6) is 0 Å². The van der Waals surface area contributed by atoms with Gasteiger partial charge in [-0.05, 0) is 13.0 Å². The van der Waals surface area contributed by atoms with Gasteiger partial charge in [-0.2, -0.15) is 5.10 Å². The van der Waals surface area contributed by atoms with Crippen LogP contribution in [0.4, 0.5) is 0 Å². The predicted octanol–water partition coefficient (Wildman–Crippen LogP) is 0.160. The monoisotopic (exact) mass is 314 g/mol. The van der Waals surface area contributed by atoms with Crippen LogP contribution >= 0.6 is 0 Å². The Morgan fingerprint density at radius 2 is 1.87 bits per heavy atom. The van der Waals surface area contributed by atoms with Crippen molar-refractivity contribution in [3.63, 3.8) is 0 Å². The Hall–Kier alpha value is -2.12. The molecule has 1 fully saturated rings. The Morgan fingerprint density at radius 3 is 2.61 bits per heavy atom. The summed E-state index contributed by atoms with van der Waals surface area (Å²) in [5, 5.41) is 4.09. The first-order chi connectivity index (χ1) is 11.2. The van der Waals surface area contributed by atoms with E-state index < -0.39 is 0 Å². The molecule has 0 amide bonds. The van der Waals surface area contributed by atoms with Crippen LogP contribution in [0.3, 0.4) is 0 Å². The quantitative estimate of drug-likeness (QED) is 0.783. The Kier molecular flexibility index (Phi) is 5.09. The third kappa shape index (κ3) is 4.43. The number of hydrogen-bond acceptors (Lipinski definition) is 6. The van der Waals surface area contributed by atoms with Crippen LogP contribution in [-0.4, -0.2) is 62.3 Å². The Bertz CT molecular complexity index is 693. The van der Waals surface area contributed by atoms with E-state index in [1.807, 2.05) is 13.1 Å². The number of rotatable bonds is 5. The fourth-order valence-corrected chi connectivity index (χ4v) is 2.78. The van der Waals surface area contributed by atoms with Crippen LogP contribution in [0.15, 0.2) is 35.5 Å². The van der Waals surface area contributed by atoms with E-state index >= 15 is 0 Å². The van der Waals surface area contributed by atoms with Crippen molar-refractivity contribution in [2.45, 2.75) is 20.0 Å². The predicted molar refractivity (Wildman–Crippen MR) is 87.0 cm³/mol. The van der Waals surface area contributed by atoms with Crippen molar-refractivity contribution in [2.24, 2.45) is 0 Å². The minimum Gasteiger partial charge on any atom is -0.299 e. The van der Waals surface area contributed by atoms with Gasteiger partial charge >= 0.3 is 0 Å². The first-order valence-corrected chi connectivity index (χ1v) is 7.95. The van der Waals surface area contributed by atoms with Gasteiger partial charge in [-0.3, -0.25) is 24.6 Å². The van der Waals surface area contributed by atoms with E-state index in [0.29, 0.717) is 6.54 Å².